The molecule has 1 aromatic carbocycles. The highest BCUT2D eigenvalue weighted by Crippen LogP contribution is 2.38. The van der Waals surface area contributed by atoms with Crippen molar-refractivity contribution in [1.82, 2.24) is 4.90 Å². The van der Waals surface area contributed by atoms with Crippen molar-refractivity contribution < 1.29 is 14.3 Å². The first kappa shape index (κ1) is 18.6. The molecule has 1 saturated carbocycles. The van der Waals surface area contributed by atoms with Crippen LogP contribution >= 0.6 is 12.4 Å². The van der Waals surface area contributed by atoms with Crippen molar-refractivity contribution in [3.8, 4) is 11.5 Å². The lowest BCUT2D eigenvalue weighted by atomic mass is 9.98. The lowest BCUT2D eigenvalue weighted by molar-refractivity contribution is 0.0779. The zero-order valence-electron chi connectivity index (χ0n) is 13.9. The maximum atomic E-state index is 12.8. The first-order valence-corrected chi connectivity index (χ1v) is 8.10. The Bertz CT molecular complexity index is 608. The summed E-state index contributed by atoms with van der Waals surface area (Å²) in [6.07, 6.45) is 3.89. The van der Waals surface area contributed by atoms with Crippen LogP contribution in [0.1, 0.15) is 23.2 Å². The molecule has 3 atom stereocenters. The minimum absolute atomic E-state index is 0. The van der Waals surface area contributed by atoms with Crippen LogP contribution in [-0.4, -0.2) is 43.7 Å². The quantitative estimate of drug-likeness (QED) is 0.827. The van der Waals surface area contributed by atoms with Gasteiger partial charge in [-0.25, -0.2) is 0 Å². The number of ether oxygens (including phenoxy) is 2. The second-order valence-corrected chi connectivity index (χ2v) is 6.34. The summed E-state index contributed by atoms with van der Waals surface area (Å²) in [5.74, 6) is 2.24. The molecule has 5 nitrogen and oxygen atoms in total. The number of methoxy groups -OCH3 is 1. The van der Waals surface area contributed by atoms with E-state index in [1.54, 1.807) is 31.4 Å². The van der Waals surface area contributed by atoms with Crippen molar-refractivity contribution in [2.24, 2.45) is 17.6 Å². The van der Waals surface area contributed by atoms with Gasteiger partial charge in [0.2, 0.25) is 0 Å². The number of amides is 1. The van der Waals surface area contributed by atoms with Gasteiger partial charge in [-0.3, -0.25) is 4.79 Å². The van der Waals surface area contributed by atoms with E-state index in [1.807, 2.05) is 4.90 Å². The summed E-state index contributed by atoms with van der Waals surface area (Å²) in [5, 5.41) is 0. The second-order valence-electron chi connectivity index (χ2n) is 6.34. The maximum Gasteiger partial charge on any atom is 0.254 e. The molecule has 1 aliphatic carbocycles. The Morgan fingerprint density at radius 2 is 2.17 bits per heavy atom. The summed E-state index contributed by atoms with van der Waals surface area (Å²) in [6, 6.07) is 5.55. The van der Waals surface area contributed by atoms with Crippen LogP contribution in [0.25, 0.3) is 0 Å². The van der Waals surface area contributed by atoms with E-state index < -0.39 is 0 Å². The van der Waals surface area contributed by atoms with E-state index >= 15 is 0 Å². The molecular weight excluding hydrogens is 328 g/mol. The molecule has 1 aliphatic heterocycles. The summed E-state index contributed by atoms with van der Waals surface area (Å²) >= 11 is 0. The highest BCUT2D eigenvalue weighted by Gasteiger charge is 2.42. The summed E-state index contributed by atoms with van der Waals surface area (Å²) in [4.78, 5) is 14.7. The maximum absolute atomic E-state index is 12.8. The molecule has 0 spiro atoms. The van der Waals surface area contributed by atoms with Gasteiger partial charge in [0.1, 0.15) is 6.61 Å². The van der Waals surface area contributed by atoms with Gasteiger partial charge in [-0.05, 0) is 42.9 Å². The smallest absolute Gasteiger partial charge is 0.254 e. The van der Waals surface area contributed by atoms with Gasteiger partial charge in [-0.15, -0.1) is 12.4 Å². The summed E-state index contributed by atoms with van der Waals surface area (Å²) < 4.78 is 10.9. The average Bonchev–Trinajstić information content (AvgIpc) is 3.14. The highest BCUT2D eigenvalue weighted by molar-refractivity contribution is 5.95. The van der Waals surface area contributed by atoms with Gasteiger partial charge in [-0.1, -0.05) is 12.7 Å². The van der Waals surface area contributed by atoms with Crippen LogP contribution in [0.2, 0.25) is 0 Å². The Hall–Kier alpha value is -1.72. The van der Waals surface area contributed by atoms with Crippen molar-refractivity contribution in [3.63, 3.8) is 0 Å². The number of benzene rings is 1. The van der Waals surface area contributed by atoms with Crippen LogP contribution in [0.5, 0.6) is 11.5 Å². The van der Waals surface area contributed by atoms with E-state index in [2.05, 4.69) is 6.58 Å². The number of halogens is 1. The number of fused-ring (bicyclic) bond motifs is 1. The second kappa shape index (κ2) is 7.90. The molecule has 2 fully saturated rings. The van der Waals surface area contributed by atoms with Crippen LogP contribution in [0.4, 0.5) is 0 Å². The Labute approximate surface area is 149 Å². The summed E-state index contributed by atoms with van der Waals surface area (Å²) in [7, 11) is 1.57. The minimum Gasteiger partial charge on any atom is -0.493 e. The highest BCUT2D eigenvalue weighted by atomic mass is 35.5. The predicted octanol–water partition coefficient (Wildman–Crippen LogP) is 2.49. The standard InChI is InChI=1S/C18H24N2O3.ClH/c1-3-8-23-16-7-5-12(9-17(16)22-2)18(21)20-10-13-4-6-15(19)14(13)11-20;/h3,5,7,9,13-15H,1,4,6,8,10-11,19H2,2H3;1H. The first-order valence-electron chi connectivity index (χ1n) is 8.10. The fourth-order valence-electron chi connectivity index (χ4n) is 3.72. The molecule has 3 unspecified atom stereocenters. The molecule has 1 aromatic rings. The molecule has 2 N–H and O–H groups in total. The fourth-order valence-corrected chi connectivity index (χ4v) is 3.72. The molecule has 1 saturated heterocycles. The Balaban J connectivity index is 0.00000208. The van der Waals surface area contributed by atoms with Gasteiger partial charge >= 0.3 is 0 Å². The van der Waals surface area contributed by atoms with Gasteiger partial charge in [0.05, 0.1) is 7.11 Å². The third-order valence-electron chi connectivity index (χ3n) is 4.97. The third kappa shape index (κ3) is 3.52. The van der Waals surface area contributed by atoms with Crippen molar-refractivity contribution in [2.75, 3.05) is 26.8 Å². The molecule has 1 heterocycles. The normalized spacial score (nSPS) is 24.9. The van der Waals surface area contributed by atoms with Gasteiger partial charge < -0.3 is 20.1 Å². The monoisotopic (exact) mass is 352 g/mol. The zero-order chi connectivity index (χ0) is 16.4. The van der Waals surface area contributed by atoms with Crippen LogP contribution in [0.15, 0.2) is 30.9 Å². The average molecular weight is 353 g/mol. The molecule has 6 heteroatoms. The number of likely N-dealkylation sites (tertiary alicyclic amines) is 1. The molecule has 2 aliphatic rings. The fraction of sp³-hybridized carbons (Fsp3) is 0.500. The van der Waals surface area contributed by atoms with Gasteiger partial charge in [-0.2, -0.15) is 0 Å². The lowest BCUT2D eigenvalue weighted by Gasteiger charge is -2.19. The number of rotatable bonds is 5. The first-order chi connectivity index (χ1) is 11.1. The molecule has 24 heavy (non-hydrogen) atoms. The van der Waals surface area contributed by atoms with Gasteiger partial charge in [0.15, 0.2) is 11.5 Å². The Morgan fingerprint density at radius 3 is 2.83 bits per heavy atom. The molecule has 0 radical (unpaired) electrons. The number of hydrogen-bond acceptors (Lipinski definition) is 4. The van der Waals surface area contributed by atoms with E-state index in [9.17, 15) is 4.79 Å². The largest absolute Gasteiger partial charge is 0.493 e. The number of carbonyl (C=O) groups is 1. The molecule has 1 amide bonds. The van der Waals surface area contributed by atoms with E-state index in [1.165, 1.54) is 0 Å². The molecule has 0 bridgehead atoms. The summed E-state index contributed by atoms with van der Waals surface area (Å²) in [5.41, 5.74) is 6.78. The number of nitrogens with two attached hydrogens (primary N) is 1. The molecular formula is C18H25ClN2O3. The SMILES string of the molecule is C=CCOc1ccc(C(=O)N2CC3CCC(N)C3C2)cc1OC.Cl. The molecule has 0 aromatic heterocycles. The van der Waals surface area contributed by atoms with E-state index in [4.69, 9.17) is 15.2 Å². The van der Waals surface area contributed by atoms with Crippen molar-refractivity contribution in [2.45, 2.75) is 18.9 Å². The van der Waals surface area contributed by atoms with Crippen molar-refractivity contribution in [3.05, 3.63) is 36.4 Å². The van der Waals surface area contributed by atoms with Crippen LogP contribution in [-0.2, 0) is 0 Å². The van der Waals surface area contributed by atoms with Gasteiger partial charge in [0.25, 0.3) is 5.91 Å². The number of hydrogen-bond donors (Lipinski definition) is 1. The zero-order valence-corrected chi connectivity index (χ0v) is 14.8. The van der Waals surface area contributed by atoms with E-state index in [-0.39, 0.29) is 24.4 Å². The van der Waals surface area contributed by atoms with Crippen molar-refractivity contribution in [1.29, 1.82) is 0 Å². The van der Waals surface area contributed by atoms with E-state index in [0.717, 1.165) is 25.9 Å². The lowest BCUT2D eigenvalue weighted by Crippen LogP contribution is -2.33. The van der Waals surface area contributed by atoms with Crippen molar-refractivity contribution >= 4 is 18.3 Å². The molecule has 132 valence electrons. The Morgan fingerprint density at radius 1 is 1.38 bits per heavy atom. The van der Waals surface area contributed by atoms with Crippen LogP contribution < -0.4 is 15.2 Å². The Kier molecular flexibility index (Phi) is 6.13. The predicted molar refractivity (Wildman–Crippen MR) is 96.0 cm³/mol. The number of nitrogens with zero attached hydrogens (tertiary/aromatic N) is 1. The summed E-state index contributed by atoms with van der Waals surface area (Å²) in [6.45, 7) is 5.61. The minimum atomic E-state index is 0. The van der Waals surface area contributed by atoms with Crippen LogP contribution in [0.3, 0.4) is 0 Å². The van der Waals surface area contributed by atoms with E-state index in [0.29, 0.717) is 35.5 Å². The van der Waals surface area contributed by atoms with Crippen LogP contribution in [0, 0.1) is 11.8 Å². The topological polar surface area (TPSA) is 64.8 Å². The number of carbonyl (C=O) groups excluding carboxylic acids is 1. The van der Waals surface area contributed by atoms with Gasteiger partial charge in [0, 0.05) is 24.7 Å². The third-order valence-corrected chi connectivity index (χ3v) is 4.97. The molecule has 3 rings (SSSR count).